The van der Waals surface area contributed by atoms with Gasteiger partial charge in [-0.1, -0.05) is 202 Å². The van der Waals surface area contributed by atoms with Crippen LogP contribution in [-0.4, -0.2) is 14.1 Å². The average molecular weight is 1050 g/mol. The van der Waals surface area contributed by atoms with Crippen molar-refractivity contribution < 1.29 is 13.2 Å². The molecule has 10 aromatic carbocycles. The van der Waals surface area contributed by atoms with Crippen LogP contribution in [0.3, 0.4) is 0 Å². The monoisotopic (exact) mass is 1050 g/mol. The number of hydrogen-bond acceptors (Lipinski definition) is 1. The Hall–Kier alpha value is -9.26. The summed E-state index contributed by atoms with van der Waals surface area (Å²) in [5.74, 6) is 0. The van der Waals surface area contributed by atoms with E-state index in [-0.39, 0.29) is 0 Å². The summed E-state index contributed by atoms with van der Waals surface area (Å²) in [4.78, 5) is 5.50. The van der Waals surface area contributed by atoms with Gasteiger partial charge in [-0.25, -0.2) is 4.98 Å². The fraction of sp³-hybridized carbons (Fsp3) is 0.122. The number of fused-ring (bicyclic) bond motifs is 6. The predicted molar refractivity (Wildman–Crippen MR) is 328 cm³/mol. The minimum atomic E-state index is -4.76. The van der Waals surface area contributed by atoms with Crippen molar-refractivity contribution in [3.8, 4) is 78.4 Å². The largest absolute Gasteiger partial charge is 0.416 e. The number of rotatable bonds is 8. The number of halogens is 3. The van der Waals surface area contributed by atoms with Crippen molar-refractivity contribution >= 4 is 43.6 Å². The summed E-state index contributed by atoms with van der Waals surface area (Å²) in [6.07, 6.45) is -4.76. The first-order valence-electron chi connectivity index (χ1n) is 27.3. The van der Waals surface area contributed by atoms with E-state index in [9.17, 15) is 0 Å². The highest BCUT2D eigenvalue weighted by Crippen LogP contribution is 2.47. The van der Waals surface area contributed by atoms with Crippen LogP contribution in [0.2, 0.25) is 0 Å². The summed E-state index contributed by atoms with van der Waals surface area (Å²) >= 11 is 0. The highest BCUT2D eigenvalue weighted by atomic mass is 19.4. The lowest BCUT2D eigenvalue weighted by Gasteiger charge is -2.23. The van der Waals surface area contributed by atoms with Gasteiger partial charge < -0.3 is 9.13 Å². The van der Waals surface area contributed by atoms with Gasteiger partial charge in [-0.2, -0.15) is 13.2 Å². The Balaban J connectivity index is 1.23. The van der Waals surface area contributed by atoms with Crippen molar-refractivity contribution in [3.63, 3.8) is 0 Å². The molecule has 0 aliphatic heterocycles. The third-order valence-electron chi connectivity index (χ3n) is 15.7. The van der Waals surface area contributed by atoms with Crippen molar-refractivity contribution in [3.05, 3.63) is 256 Å². The molecule has 13 aromatic rings. The molecule has 13 rings (SSSR count). The molecule has 0 amide bonds. The maximum Gasteiger partial charge on any atom is 0.416 e. The first-order valence-corrected chi connectivity index (χ1v) is 27.3. The van der Waals surface area contributed by atoms with Gasteiger partial charge in [0.1, 0.15) is 0 Å². The number of aromatic nitrogens is 3. The van der Waals surface area contributed by atoms with Gasteiger partial charge in [0.2, 0.25) is 0 Å². The molecule has 3 aromatic heterocycles. The molecule has 0 fully saturated rings. The number of pyridine rings is 1. The zero-order valence-electron chi connectivity index (χ0n) is 46.1. The van der Waals surface area contributed by atoms with E-state index in [1.54, 1.807) is 0 Å². The minimum absolute atomic E-state index is 0.355. The quantitative estimate of drug-likeness (QED) is 0.149. The van der Waals surface area contributed by atoms with E-state index in [4.69, 9.17) is 4.98 Å². The Morgan fingerprint density at radius 3 is 0.912 bits per heavy atom. The van der Waals surface area contributed by atoms with Gasteiger partial charge >= 0.3 is 6.18 Å². The number of alkyl halides is 3. The zero-order valence-corrected chi connectivity index (χ0v) is 46.1. The van der Waals surface area contributed by atoms with E-state index in [2.05, 4.69) is 210 Å². The Labute approximate surface area is 464 Å². The van der Waals surface area contributed by atoms with Gasteiger partial charge in [-0.15, -0.1) is 0 Å². The molecule has 0 N–H and O–H groups in total. The molecule has 0 aliphatic carbocycles. The molecular weight excluding hydrogens is 988 g/mol. The summed E-state index contributed by atoms with van der Waals surface area (Å²) in [7, 11) is 0. The van der Waals surface area contributed by atoms with E-state index >= 15 is 13.2 Å². The lowest BCUT2D eigenvalue weighted by molar-refractivity contribution is -0.137. The van der Waals surface area contributed by atoms with Gasteiger partial charge in [-0.3, -0.25) is 0 Å². The number of aryl methyl sites for hydroxylation is 8. The summed E-state index contributed by atoms with van der Waals surface area (Å²) in [5.41, 5.74) is 22.7. The van der Waals surface area contributed by atoms with Gasteiger partial charge in [0.25, 0.3) is 0 Å². The minimum Gasteiger partial charge on any atom is -0.308 e. The number of nitrogens with zero attached hydrogens (tertiary/aromatic N) is 3. The first kappa shape index (κ1) is 50.3. The molecule has 0 unspecified atom stereocenters. The van der Waals surface area contributed by atoms with Gasteiger partial charge in [0.15, 0.2) is 0 Å². The molecule has 3 nitrogen and oxygen atoms in total. The van der Waals surface area contributed by atoms with Crippen LogP contribution in [0.25, 0.3) is 122 Å². The van der Waals surface area contributed by atoms with Crippen LogP contribution in [0, 0.1) is 55.4 Å². The third-order valence-corrected chi connectivity index (χ3v) is 15.7. The maximum absolute atomic E-state index is 16.5. The highest BCUT2D eigenvalue weighted by molar-refractivity contribution is 6.14. The van der Waals surface area contributed by atoms with Crippen molar-refractivity contribution in [2.45, 2.75) is 61.6 Å². The lowest BCUT2D eigenvalue weighted by atomic mass is 9.98. The molecule has 0 spiro atoms. The van der Waals surface area contributed by atoms with Crippen LogP contribution < -0.4 is 0 Å². The molecule has 390 valence electrons. The summed E-state index contributed by atoms with van der Waals surface area (Å²) in [5, 5.41) is 3.68. The molecule has 0 saturated carbocycles. The zero-order chi connectivity index (χ0) is 55.3. The molecule has 0 saturated heterocycles. The Morgan fingerprint density at radius 2 is 0.600 bits per heavy atom. The Morgan fingerprint density at radius 1 is 0.287 bits per heavy atom. The SMILES string of the molecule is Cc1cc(C)cc(-c2ccc3c4ccc(-c5cc(C)cc(C)c5)cc4n(-c4cc(C(F)(F)F)cc(-n5c6cc(-c7cc(C)cc(C)c7)ccc6c6ccc(-c7cc(C)cc(C)c7)cc65)c4-c4cccc(-c5ccccc5)n4)c3c2)c1. The van der Waals surface area contributed by atoms with Crippen molar-refractivity contribution in [1.29, 1.82) is 0 Å². The summed E-state index contributed by atoms with van der Waals surface area (Å²) < 4.78 is 53.7. The second-order valence-electron chi connectivity index (χ2n) is 22.3. The standard InChI is InChI=1S/C74H58F3N3/c1-43-25-44(2)30-56(29-43)52-17-21-61-62-22-18-53(57-31-45(3)26-46(4)32-57)38-68(62)79(67(61)37-52)71-41-60(74(75,76)77)42-72(73(71)66-16-12-15-65(78-66)51-13-10-9-11-14-51)80-69-39-54(58-33-47(5)27-48(6)34-58)19-23-63(69)64-24-20-55(40-70(64)80)59-35-49(7)28-50(8)36-59/h9-42H,1-8H3. The normalized spacial score (nSPS) is 11.9. The van der Waals surface area contributed by atoms with E-state index in [1.807, 2.05) is 48.5 Å². The van der Waals surface area contributed by atoms with Crippen LogP contribution in [0.5, 0.6) is 0 Å². The van der Waals surface area contributed by atoms with Crippen molar-refractivity contribution in [2.24, 2.45) is 0 Å². The van der Waals surface area contributed by atoms with E-state index in [0.29, 0.717) is 28.3 Å². The number of hydrogen-bond donors (Lipinski definition) is 0. The molecule has 0 bridgehead atoms. The molecule has 0 atom stereocenters. The van der Waals surface area contributed by atoms with Crippen molar-refractivity contribution in [2.75, 3.05) is 0 Å². The predicted octanol–water partition coefficient (Wildman–Crippen LogP) is 20.8. The van der Waals surface area contributed by atoms with Gasteiger partial charge in [0.05, 0.1) is 50.4 Å². The maximum atomic E-state index is 16.5. The highest BCUT2D eigenvalue weighted by Gasteiger charge is 2.35. The van der Waals surface area contributed by atoms with E-state index in [0.717, 1.165) is 138 Å². The molecule has 6 heteroatoms. The second-order valence-corrected chi connectivity index (χ2v) is 22.3. The van der Waals surface area contributed by atoms with Crippen LogP contribution in [-0.2, 0) is 6.18 Å². The number of benzene rings is 10. The van der Waals surface area contributed by atoms with Crippen molar-refractivity contribution in [1.82, 2.24) is 14.1 Å². The van der Waals surface area contributed by atoms with Crippen LogP contribution >= 0.6 is 0 Å². The fourth-order valence-electron chi connectivity index (χ4n) is 12.6. The van der Waals surface area contributed by atoms with Crippen LogP contribution in [0.4, 0.5) is 13.2 Å². The molecule has 0 radical (unpaired) electrons. The molecular formula is C74H58F3N3. The first-order chi connectivity index (χ1) is 38.5. The molecule has 0 aliphatic rings. The topological polar surface area (TPSA) is 22.8 Å². The van der Waals surface area contributed by atoms with Crippen LogP contribution in [0.15, 0.2) is 206 Å². The van der Waals surface area contributed by atoms with Crippen LogP contribution in [0.1, 0.15) is 50.1 Å². The van der Waals surface area contributed by atoms with E-state index in [1.165, 1.54) is 12.1 Å². The van der Waals surface area contributed by atoms with Gasteiger partial charge in [-0.05, 0) is 148 Å². The van der Waals surface area contributed by atoms with E-state index < -0.39 is 11.7 Å². The summed E-state index contributed by atoms with van der Waals surface area (Å²) in [6, 6.07) is 70.3. The Bertz CT molecular complexity index is 4120. The molecule has 80 heavy (non-hydrogen) atoms. The average Bonchev–Trinajstić information content (AvgIpc) is 4.09. The smallest absolute Gasteiger partial charge is 0.308 e. The fourth-order valence-corrected chi connectivity index (χ4v) is 12.6. The van der Waals surface area contributed by atoms with Gasteiger partial charge in [0, 0.05) is 32.7 Å². The lowest BCUT2D eigenvalue weighted by Crippen LogP contribution is -2.11. The second kappa shape index (κ2) is 19.3. The Kier molecular flexibility index (Phi) is 12.1. The molecule has 3 heterocycles. The third kappa shape index (κ3) is 9.05. The summed E-state index contributed by atoms with van der Waals surface area (Å²) in [6.45, 7) is 16.8.